The van der Waals surface area contributed by atoms with Gasteiger partial charge in [0.05, 0.1) is 29.8 Å². The normalized spacial score (nSPS) is 23.2. The van der Waals surface area contributed by atoms with Gasteiger partial charge in [-0.3, -0.25) is 9.59 Å². The third kappa shape index (κ3) is 3.12. The zero-order valence-electron chi connectivity index (χ0n) is 13.0. The summed E-state index contributed by atoms with van der Waals surface area (Å²) in [4.78, 5) is 23.7. The van der Waals surface area contributed by atoms with Gasteiger partial charge in [0.15, 0.2) is 0 Å². The molecule has 1 heterocycles. The second-order valence-corrected chi connectivity index (χ2v) is 6.02. The highest BCUT2D eigenvalue weighted by molar-refractivity contribution is 5.95. The number of nitrogens with one attached hydrogen (secondary N) is 1. The van der Waals surface area contributed by atoms with Gasteiger partial charge < -0.3 is 10.4 Å². The average molecular weight is 332 g/mol. The van der Waals surface area contributed by atoms with Crippen LogP contribution in [-0.2, 0) is 4.79 Å². The maximum absolute atomic E-state index is 13.9. The van der Waals surface area contributed by atoms with E-state index in [0.29, 0.717) is 6.42 Å². The van der Waals surface area contributed by atoms with Crippen molar-refractivity contribution in [2.24, 2.45) is 5.92 Å². The lowest BCUT2D eigenvalue weighted by Gasteiger charge is -2.21. The van der Waals surface area contributed by atoms with Crippen molar-refractivity contribution in [1.29, 1.82) is 0 Å². The first kappa shape index (κ1) is 16.1. The summed E-state index contributed by atoms with van der Waals surface area (Å²) < 4.78 is 15.4. The van der Waals surface area contributed by atoms with Crippen LogP contribution in [0.15, 0.2) is 30.6 Å². The van der Waals surface area contributed by atoms with Crippen molar-refractivity contribution < 1.29 is 19.1 Å². The van der Waals surface area contributed by atoms with Gasteiger partial charge in [-0.25, -0.2) is 9.07 Å². The highest BCUT2D eigenvalue weighted by Gasteiger charge is 2.40. The van der Waals surface area contributed by atoms with Gasteiger partial charge in [0.25, 0.3) is 5.91 Å². The van der Waals surface area contributed by atoms with Crippen molar-refractivity contribution in [3.63, 3.8) is 0 Å². The van der Waals surface area contributed by atoms with Crippen LogP contribution in [0.3, 0.4) is 0 Å². The second kappa shape index (κ2) is 6.38. The molecule has 3 atom stereocenters. The van der Waals surface area contributed by atoms with E-state index in [1.54, 1.807) is 23.9 Å². The molecular weight excluding hydrogens is 315 g/mol. The lowest BCUT2D eigenvalue weighted by molar-refractivity contribution is -0.141. The number of carboxylic acid groups (broad SMARTS) is 1. The minimum Gasteiger partial charge on any atom is -0.481 e. The van der Waals surface area contributed by atoms with Crippen LogP contribution in [0.4, 0.5) is 4.39 Å². The molecule has 0 bridgehead atoms. The Kier molecular flexibility index (Phi) is 4.28. The van der Waals surface area contributed by atoms with Gasteiger partial charge in [0, 0.05) is 6.20 Å². The number of halogens is 1. The van der Waals surface area contributed by atoms with Gasteiger partial charge in [-0.15, -0.1) is 5.10 Å². The molecule has 24 heavy (non-hydrogen) atoms. The summed E-state index contributed by atoms with van der Waals surface area (Å²) in [6.45, 7) is 1.77. The minimum atomic E-state index is -0.918. The van der Waals surface area contributed by atoms with E-state index >= 15 is 0 Å². The number of carbonyl (C=O) groups is 2. The van der Waals surface area contributed by atoms with Gasteiger partial charge in [-0.2, -0.15) is 0 Å². The smallest absolute Gasteiger partial charge is 0.306 e. The van der Waals surface area contributed by atoms with Crippen LogP contribution in [0.25, 0.3) is 0 Å². The maximum Gasteiger partial charge on any atom is 0.306 e. The third-order valence-electron chi connectivity index (χ3n) is 4.34. The van der Waals surface area contributed by atoms with Crippen molar-refractivity contribution in [2.75, 3.05) is 0 Å². The molecule has 8 heteroatoms. The first-order chi connectivity index (χ1) is 11.5. The largest absolute Gasteiger partial charge is 0.481 e. The number of carboxylic acids is 1. The molecule has 0 saturated heterocycles. The van der Waals surface area contributed by atoms with E-state index in [2.05, 4.69) is 15.6 Å². The van der Waals surface area contributed by atoms with Crippen molar-refractivity contribution in [3.8, 4) is 0 Å². The maximum atomic E-state index is 13.9. The monoisotopic (exact) mass is 332 g/mol. The molecule has 0 radical (unpaired) electrons. The number of rotatable bonds is 4. The number of aromatic nitrogens is 3. The zero-order chi connectivity index (χ0) is 17.3. The molecule has 126 valence electrons. The molecule has 1 fully saturated rings. The molecule has 0 aliphatic heterocycles. The standard InChI is InChI=1S/C16H17FN4O3/c1-9-2-3-12(17)11(6-9)15(22)19-13-7-10(16(23)24)8-14(13)21-5-4-18-20-21/h2-6,10,13-14H,7-8H2,1H3,(H,19,22)(H,23,24)/t10?,13-,14+/m1/s1. The van der Waals surface area contributed by atoms with E-state index in [4.69, 9.17) is 0 Å². The molecule has 3 rings (SSSR count). The van der Waals surface area contributed by atoms with Gasteiger partial charge in [0.2, 0.25) is 0 Å². The molecule has 1 aliphatic carbocycles. The molecular formula is C16H17FN4O3. The number of hydrogen-bond donors (Lipinski definition) is 2. The number of hydrogen-bond acceptors (Lipinski definition) is 4. The molecule has 1 amide bonds. The lowest BCUT2D eigenvalue weighted by atomic mass is 10.1. The molecule has 1 aliphatic rings. The summed E-state index contributed by atoms with van der Waals surface area (Å²) in [6.07, 6.45) is 3.72. The molecule has 0 spiro atoms. The Labute approximate surface area is 137 Å². The number of aryl methyl sites for hydroxylation is 1. The van der Waals surface area contributed by atoms with Gasteiger partial charge in [0.1, 0.15) is 5.82 Å². The molecule has 1 aromatic heterocycles. The van der Waals surface area contributed by atoms with Crippen LogP contribution in [0.5, 0.6) is 0 Å². The van der Waals surface area contributed by atoms with Crippen molar-refractivity contribution in [1.82, 2.24) is 20.3 Å². The molecule has 1 aromatic carbocycles. The first-order valence-corrected chi connectivity index (χ1v) is 7.61. The summed E-state index contributed by atoms with van der Waals surface area (Å²) in [7, 11) is 0. The van der Waals surface area contributed by atoms with Gasteiger partial charge in [-0.1, -0.05) is 16.8 Å². The van der Waals surface area contributed by atoms with Gasteiger partial charge >= 0.3 is 5.97 Å². The lowest BCUT2D eigenvalue weighted by Crippen LogP contribution is -2.39. The molecule has 1 saturated carbocycles. The number of carbonyl (C=O) groups excluding carboxylic acids is 1. The quantitative estimate of drug-likeness (QED) is 0.885. The fraction of sp³-hybridized carbons (Fsp3) is 0.375. The number of amides is 1. The van der Waals surface area contributed by atoms with Crippen LogP contribution in [0.2, 0.25) is 0 Å². The van der Waals surface area contributed by atoms with Gasteiger partial charge in [-0.05, 0) is 31.9 Å². The molecule has 1 unspecified atom stereocenters. The predicted molar refractivity (Wildman–Crippen MR) is 81.8 cm³/mol. The first-order valence-electron chi connectivity index (χ1n) is 7.61. The fourth-order valence-corrected chi connectivity index (χ4v) is 3.12. The third-order valence-corrected chi connectivity index (χ3v) is 4.34. The Morgan fingerprint density at radius 3 is 2.83 bits per heavy atom. The fourth-order valence-electron chi connectivity index (χ4n) is 3.12. The molecule has 7 nitrogen and oxygen atoms in total. The summed E-state index contributed by atoms with van der Waals surface area (Å²) in [5.74, 6) is -2.68. The highest BCUT2D eigenvalue weighted by atomic mass is 19.1. The van der Waals surface area contributed by atoms with Crippen LogP contribution >= 0.6 is 0 Å². The van der Waals surface area contributed by atoms with E-state index < -0.39 is 29.7 Å². The molecule has 2 aromatic rings. The molecule has 2 N–H and O–H groups in total. The highest BCUT2D eigenvalue weighted by Crippen LogP contribution is 2.34. The summed E-state index contributed by atoms with van der Waals surface area (Å²) in [5.41, 5.74) is 0.718. The van der Waals surface area contributed by atoms with Crippen LogP contribution in [-0.4, -0.2) is 38.0 Å². The van der Waals surface area contributed by atoms with Crippen molar-refractivity contribution in [2.45, 2.75) is 31.8 Å². The Morgan fingerprint density at radius 2 is 2.17 bits per heavy atom. The van der Waals surface area contributed by atoms with Crippen LogP contribution < -0.4 is 5.32 Å². The van der Waals surface area contributed by atoms with E-state index in [1.165, 1.54) is 18.3 Å². The summed E-state index contributed by atoms with van der Waals surface area (Å²) in [5, 5.41) is 19.6. The number of nitrogens with zero attached hydrogens (tertiary/aromatic N) is 3. The zero-order valence-corrected chi connectivity index (χ0v) is 13.0. The number of benzene rings is 1. The van der Waals surface area contributed by atoms with E-state index in [0.717, 1.165) is 5.56 Å². The Hall–Kier alpha value is -2.77. The second-order valence-electron chi connectivity index (χ2n) is 6.02. The Bertz CT molecular complexity index is 763. The predicted octanol–water partition coefficient (Wildman–Crippen LogP) is 1.56. The summed E-state index contributed by atoms with van der Waals surface area (Å²) >= 11 is 0. The van der Waals surface area contributed by atoms with Crippen molar-refractivity contribution >= 4 is 11.9 Å². The van der Waals surface area contributed by atoms with E-state index in [9.17, 15) is 19.1 Å². The van der Waals surface area contributed by atoms with E-state index in [1.807, 2.05) is 0 Å². The van der Waals surface area contributed by atoms with Crippen molar-refractivity contribution in [3.05, 3.63) is 47.5 Å². The van der Waals surface area contributed by atoms with Crippen LogP contribution in [0, 0.1) is 18.7 Å². The SMILES string of the molecule is Cc1ccc(F)c(C(=O)N[C@@H]2CC(C(=O)O)C[C@@H]2n2ccnn2)c1. The topological polar surface area (TPSA) is 97.1 Å². The summed E-state index contributed by atoms with van der Waals surface area (Å²) in [6, 6.07) is 3.51. The average Bonchev–Trinajstić information content (AvgIpc) is 3.18. The van der Waals surface area contributed by atoms with E-state index in [-0.39, 0.29) is 18.0 Å². The Morgan fingerprint density at radius 1 is 1.38 bits per heavy atom. The van der Waals surface area contributed by atoms with Crippen LogP contribution in [0.1, 0.15) is 34.8 Å². The number of aliphatic carboxylic acids is 1. The Balaban J connectivity index is 1.82. The minimum absolute atomic E-state index is 0.0499.